The molecular formula is C25H28N6O. The lowest BCUT2D eigenvalue weighted by Crippen LogP contribution is -2.37. The molecule has 0 amide bonds. The van der Waals surface area contributed by atoms with Crippen LogP contribution in [-0.4, -0.2) is 31.7 Å². The second kappa shape index (κ2) is 7.58. The molecule has 0 aliphatic carbocycles. The average Bonchev–Trinajstić information content (AvgIpc) is 3.44. The van der Waals surface area contributed by atoms with E-state index < -0.39 is 6.04 Å². The second-order valence-electron chi connectivity index (χ2n) is 9.18. The first-order valence-electron chi connectivity index (χ1n) is 11.2. The van der Waals surface area contributed by atoms with Crippen LogP contribution in [0, 0.1) is 6.92 Å². The summed E-state index contributed by atoms with van der Waals surface area (Å²) < 4.78 is 1.89. The molecule has 0 spiro atoms. The van der Waals surface area contributed by atoms with Gasteiger partial charge in [-0.05, 0) is 72.7 Å². The summed E-state index contributed by atoms with van der Waals surface area (Å²) >= 11 is 0. The van der Waals surface area contributed by atoms with Crippen molar-refractivity contribution in [3.63, 3.8) is 0 Å². The second-order valence-corrected chi connectivity index (χ2v) is 9.18. The largest absolute Gasteiger partial charge is 0.357 e. The summed E-state index contributed by atoms with van der Waals surface area (Å²) in [7, 11) is 0. The van der Waals surface area contributed by atoms with E-state index in [1.165, 1.54) is 5.56 Å². The van der Waals surface area contributed by atoms with Gasteiger partial charge in [-0.15, -0.1) is 5.10 Å². The highest BCUT2D eigenvalue weighted by atomic mass is 16.1. The van der Waals surface area contributed by atoms with Gasteiger partial charge in [0.2, 0.25) is 0 Å². The van der Waals surface area contributed by atoms with Crippen molar-refractivity contribution in [3.05, 3.63) is 81.4 Å². The smallest absolute Gasteiger partial charge is 0.254 e. The molecule has 1 N–H and O–H groups in total. The van der Waals surface area contributed by atoms with Crippen LogP contribution in [0.25, 0.3) is 10.9 Å². The zero-order valence-corrected chi connectivity index (χ0v) is 19.0. The summed E-state index contributed by atoms with van der Waals surface area (Å²) in [5.41, 5.74) is 4.59. The number of benzene rings is 2. The van der Waals surface area contributed by atoms with Gasteiger partial charge in [0, 0.05) is 17.8 Å². The van der Waals surface area contributed by atoms with Crippen molar-refractivity contribution in [2.45, 2.75) is 52.1 Å². The van der Waals surface area contributed by atoms with E-state index >= 15 is 0 Å². The fraction of sp³-hybridized carbons (Fsp3) is 0.360. The number of aromatic nitrogens is 5. The third kappa shape index (κ3) is 3.20. The van der Waals surface area contributed by atoms with Gasteiger partial charge >= 0.3 is 0 Å². The maximum absolute atomic E-state index is 13.5. The lowest BCUT2D eigenvalue weighted by Gasteiger charge is -2.32. The first kappa shape index (κ1) is 20.4. The van der Waals surface area contributed by atoms with Gasteiger partial charge in [0.15, 0.2) is 5.82 Å². The highest BCUT2D eigenvalue weighted by Gasteiger charge is 2.36. The van der Waals surface area contributed by atoms with Crippen molar-refractivity contribution in [3.8, 4) is 0 Å². The van der Waals surface area contributed by atoms with Gasteiger partial charge in [0.25, 0.3) is 5.56 Å². The maximum atomic E-state index is 13.5. The van der Waals surface area contributed by atoms with E-state index in [9.17, 15) is 4.79 Å². The Morgan fingerprint density at radius 2 is 1.97 bits per heavy atom. The van der Waals surface area contributed by atoms with Crippen molar-refractivity contribution in [2.24, 2.45) is 0 Å². The molecular weight excluding hydrogens is 400 g/mol. The highest BCUT2D eigenvalue weighted by molar-refractivity contribution is 5.82. The summed E-state index contributed by atoms with van der Waals surface area (Å²) in [5, 5.41) is 13.9. The molecule has 164 valence electrons. The van der Waals surface area contributed by atoms with Gasteiger partial charge in [0.1, 0.15) is 6.04 Å². The first-order valence-corrected chi connectivity index (χ1v) is 11.2. The number of H-pyrrole nitrogens is 1. The van der Waals surface area contributed by atoms with Gasteiger partial charge in [-0.3, -0.25) is 4.79 Å². The SMILES string of the molecule is CCC(C)(C)n1nnnc1[C@H](c1cc2cccc(C)c2[nH]c1=O)N1CCc2ccccc21. The maximum Gasteiger partial charge on any atom is 0.254 e. The molecule has 4 aromatic rings. The standard InChI is InChI=1S/C25H28N6O/c1-5-25(3,4)31-23(27-28-29-31)22(30-14-13-17-10-6-7-12-20(17)30)19-15-18-11-8-9-16(2)21(18)26-24(19)32/h6-12,15,22H,5,13-14H2,1-4H3,(H,26,32)/t22-/m0/s1. The number of hydrogen-bond acceptors (Lipinski definition) is 5. The molecule has 1 atom stereocenters. The predicted octanol–water partition coefficient (Wildman–Crippen LogP) is 4.12. The number of aryl methyl sites for hydroxylation is 1. The van der Waals surface area contributed by atoms with Crippen molar-refractivity contribution in [1.82, 2.24) is 25.2 Å². The summed E-state index contributed by atoms with van der Waals surface area (Å²) in [6, 6.07) is 16.1. The molecule has 0 saturated heterocycles. The van der Waals surface area contributed by atoms with Crippen molar-refractivity contribution in [2.75, 3.05) is 11.4 Å². The number of tetrazole rings is 1. The van der Waals surface area contributed by atoms with Crippen molar-refractivity contribution < 1.29 is 0 Å². The number of fused-ring (bicyclic) bond motifs is 2. The Balaban J connectivity index is 1.76. The molecule has 0 unspecified atom stereocenters. The number of nitrogens with zero attached hydrogens (tertiary/aromatic N) is 5. The van der Waals surface area contributed by atoms with E-state index in [1.54, 1.807) is 0 Å². The number of para-hydroxylation sites is 2. The van der Waals surface area contributed by atoms with Gasteiger partial charge in [-0.2, -0.15) is 0 Å². The van der Waals surface area contributed by atoms with Crippen LogP contribution < -0.4 is 10.5 Å². The van der Waals surface area contributed by atoms with E-state index in [0.29, 0.717) is 11.4 Å². The summed E-state index contributed by atoms with van der Waals surface area (Å²) in [4.78, 5) is 18.9. The fourth-order valence-corrected chi connectivity index (χ4v) is 4.63. The van der Waals surface area contributed by atoms with Gasteiger partial charge in [0.05, 0.1) is 11.1 Å². The fourth-order valence-electron chi connectivity index (χ4n) is 4.63. The number of rotatable bonds is 5. The molecule has 0 bridgehead atoms. The van der Waals surface area contributed by atoms with E-state index in [2.05, 4.69) is 64.4 Å². The van der Waals surface area contributed by atoms with Crippen LogP contribution >= 0.6 is 0 Å². The van der Waals surface area contributed by atoms with Crippen LogP contribution in [0.1, 0.15) is 55.7 Å². The molecule has 7 heteroatoms. The third-order valence-corrected chi connectivity index (χ3v) is 6.82. The molecule has 7 nitrogen and oxygen atoms in total. The Kier molecular flexibility index (Phi) is 4.84. The summed E-state index contributed by atoms with van der Waals surface area (Å²) in [5.74, 6) is 0.686. The molecule has 0 radical (unpaired) electrons. The quantitative estimate of drug-likeness (QED) is 0.517. The molecule has 5 rings (SSSR count). The molecule has 1 aliphatic heterocycles. The van der Waals surface area contributed by atoms with E-state index in [1.807, 2.05) is 41.9 Å². The van der Waals surface area contributed by atoms with E-state index in [4.69, 9.17) is 0 Å². The summed E-state index contributed by atoms with van der Waals surface area (Å²) in [6.07, 6.45) is 1.79. The van der Waals surface area contributed by atoms with E-state index in [0.717, 1.165) is 41.5 Å². The zero-order valence-electron chi connectivity index (χ0n) is 19.0. The molecule has 3 heterocycles. The Labute approximate surface area is 187 Å². The van der Waals surface area contributed by atoms with Crippen LogP contribution in [0.2, 0.25) is 0 Å². The van der Waals surface area contributed by atoms with Gasteiger partial charge in [-0.1, -0.05) is 43.3 Å². The number of hydrogen-bond donors (Lipinski definition) is 1. The van der Waals surface area contributed by atoms with Crippen LogP contribution in [0.5, 0.6) is 0 Å². The van der Waals surface area contributed by atoms with Gasteiger partial charge in [-0.25, -0.2) is 4.68 Å². The van der Waals surface area contributed by atoms with Crippen molar-refractivity contribution >= 4 is 16.6 Å². The Morgan fingerprint density at radius 1 is 1.16 bits per heavy atom. The van der Waals surface area contributed by atoms with Crippen molar-refractivity contribution in [1.29, 1.82) is 0 Å². The Hall–Kier alpha value is -3.48. The Morgan fingerprint density at radius 3 is 2.78 bits per heavy atom. The van der Waals surface area contributed by atoms with E-state index in [-0.39, 0.29) is 11.1 Å². The third-order valence-electron chi connectivity index (χ3n) is 6.82. The van der Waals surface area contributed by atoms with Crippen LogP contribution in [0.3, 0.4) is 0 Å². The minimum Gasteiger partial charge on any atom is -0.357 e. The topological polar surface area (TPSA) is 79.7 Å². The minimum absolute atomic E-state index is 0.106. The average molecular weight is 429 g/mol. The highest BCUT2D eigenvalue weighted by Crippen LogP contribution is 2.38. The summed E-state index contributed by atoms with van der Waals surface area (Å²) in [6.45, 7) is 9.17. The van der Waals surface area contributed by atoms with Crippen LogP contribution in [0.15, 0.2) is 53.3 Å². The normalized spacial score (nSPS) is 14.7. The minimum atomic E-state index is -0.395. The zero-order chi connectivity index (χ0) is 22.5. The number of nitrogens with one attached hydrogen (secondary N) is 1. The lowest BCUT2D eigenvalue weighted by molar-refractivity contribution is 0.287. The van der Waals surface area contributed by atoms with Gasteiger partial charge < -0.3 is 9.88 Å². The number of pyridine rings is 1. The first-order chi connectivity index (χ1) is 15.4. The molecule has 32 heavy (non-hydrogen) atoms. The Bertz CT molecular complexity index is 1350. The number of aromatic amines is 1. The molecule has 2 aromatic heterocycles. The molecule has 1 aliphatic rings. The van der Waals surface area contributed by atoms with Crippen LogP contribution in [-0.2, 0) is 12.0 Å². The lowest BCUT2D eigenvalue weighted by atomic mass is 9.99. The monoisotopic (exact) mass is 428 g/mol. The van der Waals surface area contributed by atoms with Crippen LogP contribution in [0.4, 0.5) is 5.69 Å². The number of anilines is 1. The predicted molar refractivity (Wildman–Crippen MR) is 126 cm³/mol. The molecule has 0 fully saturated rings. The molecule has 0 saturated carbocycles. The molecule has 2 aromatic carbocycles.